The van der Waals surface area contributed by atoms with Gasteiger partial charge in [0.1, 0.15) is 11.8 Å². The highest BCUT2D eigenvalue weighted by Gasteiger charge is 2.16. The second-order valence-electron chi connectivity index (χ2n) is 4.02. The Hall–Kier alpha value is -1.56. The Morgan fingerprint density at radius 3 is 3.00 bits per heavy atom. The van der Waals surface area contributed by atoms with Gasteiger partial charge in [-0.05, 0) is 41.9 Å². The SMILES string of the molecule is Cc1nn(C(C)C(=O)NCc2ccco2)cc1Br. The second-order valence-corrected chi connectivity index (χ2v) is 4.87. The number of furan rings is 1. The fraction of sp³-hybridized carbons (Fsp3) is 0.333. The summed E-state index contributed by atoms with van der Waals surface area (Å²) in [6.45, 7) is 4.07. The third-order valence-electron chi connectivity index (χ3n) is 2.65. The number of aryl methyl sites for hydroxylation is 1. The monoisotopic (exact) mass is 311 g/mol. The molecule has 0 aliphatic rings. The molecule has 1 atom stereocenters. The van der Waals surface area contributed by atoms with Gasteiger partial charge in [-0.1, -0.05) is 0 Å². The number of hydrogen-bond donors (Lipinski definition) is 1. The number of carbonyl (C=O) groups is 1. The van der Waals surface area contributed by atoms with Gasteiger partial charge in [0.05, 0.1) is 23.0 Å². The van der Waals surface area contributed by atoms with Crippen LogP contribution in [0.1, 0.15) is 24.4 Å². The summed E-state index contributed by atoms with van der Waals surface area (Å²) in [6.07, 6.45) is 3.38. The number of rotatable bonds is 4. The van der Waals surface area contributed by atoms with Gasteiger partial charge in [-0.25, -0.2) is 0 Å². The van der Waals surface area contributed by atoms with Crippen molar-refractivity contribution in [1.29, 1.82) is 0 Å². The van der Waals surface area contributed by atoms with E-state index in [1.165, 1.54) is 0 Å². The predicted octanol–water partition coefficient (Wildman–Crippen LogP) is 2.42. The molecule has 0 saturated carbocycles. The van der Waals surface area contributed by atoms with Crippen LogP contribution in [0.4, 0.5) is 0 Å². The summed E-state index contributed by atoms with van der Waals surface area (Å²) in [4.78, 5) is 11.9. The number of amides is 1. The lowest BCUT2D eigenvalue weighted by molar-refractivity contribution is -0.124. The molecule has 0 saturated heterocycles. The number of carbonyl (C=O) groups excluding carboxylic acids is 1. The van der Waals surface area contributed by atoms with E-state index in [1.807, 2.05) is 13.0 Å². The molecule has 0 spiro atoms. The first kappa shape index (κ1) is 12.9. The molecular formula is C12H14BrN3O2. The third-order valence-corrected chi connectivity index (χ3v) is 3.43. The van der Waals surface area contributed by atoms with Gasteiger partial charge < -0.3 is 9.73 Å². The van der Waals surface area contributed by atoms with Crippen molar-refractivity contribution in [1.82, 2.24) is 15.1 Å². The highest BCUT2D eigenvalue weighted by molar-refractivity contribution is 9.10. The molecule has 2 rings (SSSR count). The van der Waals surface area contributed by atoms with E-state index in [1.54, 1.807) is 30.1 Å². The van der Waals surface area contributed by atoms with Crippen molar-refractivity contribution in [2.75, 3.05) is 0 Å². The maximum Gasteiger partial charge on any atom is 0.244 e. The van der Waals surface area contributed by atoms with Crippen LogP contribution in [0.25, 0.3) is 0 Å². The van der Waals surface area contributed by atoms with Gasteiger partial charge in [0.15, 0.2) is 0 Å². The summed E-state index contributed by atoms with van der Waals surface area (Å²) in [5, 5.41) is 7.06. The van der Waals surface area contributed by atoms with E-state index in [9.17, 15) is 4.79 Å². The van der Waals surface area contributed by atoms with Crippen molar-refractivity contribution in [2.45, 2.75) is 26.4 Å². The molecule has 5 nitrogen and oxygen atoms in total. The van der Waals surface area contributed by atoms with Crippen molar-refractivity contribution in [3.63, 3.8) is 0 Å². The Kier molecular flexibility index (Phi) is 3.86. The van der Waals surface area contributed by atoms with Gasteiger partial charge in [-0.3, -0.25) is 9.48 Å². The fourth-order valence-corrected chi connectivity index (χ4v) is 1.80. The molecule has 0 aromatic carbocycles. The van der Waals surface area contributed by atoms with Crippen molar-refractivity contribution < 1.29 is 9.21 Å². The summed E-state index contributed by atoms with van der Waals surface area (Å²) >= 11 is 3.37. The van der Waals surface area contributed by atoms with Crippen LogP contribution in [0.15, 0.2) is 33.5 Å². The molecule has 2 aromatic heterocycles. The highest BCUT2D eigenvalue weighted by atomic mass is 79.9. The molecular weight excluding hydrogens is 298 g/mol. The van der Waals surface area contributed by atoms with Gasteiger partial charge in [0.25, 0.3) is 0 Å². The Bertz CT molecular complexity index is 514. The lowest BCUT2D eigenvalue weighted by Gasteiger charge is -2.11. The molecule has 2 heterocycles. The van der Waals surface area contributed by atoms with Gasteiger partial charge >= 0.3 is 0 Å². The molecule has 0 bridgehead atoms. The molecule has 1 amide bonds. The smallest absolute Gasteiger partial charge is 0.244 e. The Labute approximate surface area is 113 Å². The van der Waals surface area contributed by atoms with Crippen LogP contribution in [0.5, 0.6) is 0 Å². The van der Waals surface area contributed by atoms with E-state index >= 15 is 0 Å². The largest absolute Gasteiger partial charge is 0.467 e. The third kappa shape index (κ3) is 2.81. The van der Waals surface area contributed by atoms with E-state index in [2.05, 4.69) is 26.3 Å². The number of aromatic nitrogens is 2. The molecule has 6 heteroatoms. The van der Waals surface area contributed by atoms with Crippen LogP contribution in [-0.2, 0) is 11.3 Å². The molecule has 0 aliphatic carbocycles. The number of nitrogens with zero attached hydrogens (tertiary/aromatic N) is 2. The van der Waals surface area contributed by atoms with Crippen molar-refractivity contribution in [3.05, 3.63) is 40.5 Å². The first-order valence-electron chi connectivity index (χ1n) is 5.59. The molecule has 2 aromatic rings. The van der Waals surface area contributed by atoms with Crippen molar-refractivity contribution >= 4 is 21.8 Å². The molecule has 0 fully saturated rings. The number of nitrogens with one attached hydrogen (secondary N) is 1. The standard InChI is InChI=1S/C12H14BrN3O2/c1-8-11(13)7-16(15-8)9(2)12(17)14-6-10-4-3-5-18-10/h3-5,7,9H,6H2,1-2H3,(H,14,17). The number of hydrogen-bond acceptors (Lipinski definition) is 3. The first-order valence-corrected chi connectivity index (χ1v) is 6.38. The van der Waals surface area contributed by atoms with Gasteiger partial charge in [0.2, 0.25) is 5.91 Å². The second kappa shape index (κ2) is 5.39. The number of halogens is 1. The van der Waals surface area contributed by atoms with Crippen LogP contribution < -0.4 is 5.32 Å². The molecule has 1 N–H and O–H groups in total. The normalized spacial score (nSPS) is 12.4. The quantitative estimate of drug-likeness (QED) is 0.943. The zero-order valence-corrected chi connectivity index (χ0v) is 11.8. The Morgan fingerprint density at radius 2 is 2.44 bits per heavy atom. The summed E-state index contributed by atoms with van der Waals surface area (Å²) < 4.78 is 7.68. The Morgan fingerprint density at radius 1 is 1.67 bits per heavy atom. The maximum absolute atomic E-state index is 11.9. The summed E-state index contributed by atoms with van der Waals surface area (Å²) in [7, 11) is 0. The minimum Gasteiger partial charge on any atom is -0.467 e. The fourth-order valence-electron chi connectivity index (χ4n) is 1.51. The molecule has 96 valence electrons. The van der Waals surface area contributed by atoms with Crippen LogP contribution >= 0.6 is 15.9 Å². The summed E-state index contributed by atoms with van der Waals surface area (Å²) in [5.41, 5.74) is 0.862. The molecule has 1 unspecified atom stereocenters. The van der Waals surface area contributed by atoms with Crippen molar-refractivity contribution in [3.8, 4) is 0 Å². The molecule has 18 heavy (non-hydrogen) atoms. The van der Waals surface area contributed by atoms with Gasteiger partial charge in [-0.15, -0.1) is 0 Å². The Balaban J connectivity index is 1.96. The minimum absolute atomic E-state index is 0.0959. The molecule has 0 aliphatic heterocycles. The minimum atomic E-state index is -0.357. The van der Waals surface area contributed by atoms with E-state index in [-0.39, 0.29) is 11.9 Å². The topological polar surface area (TPSA) is 60.1 Å². The van der Waals surface area contributed by atoms with Crippen LogP contribution in [0.3, 0.4) is 0 Å². The molecule has 0 radical (unpaired) electrons. The van der Waals surface area contributed by atoms with Crippen LogP contribution in [-0.4, -0.2) is 15.7 Å². The van der Waals surface area contributed by atoms with E-state index in [4.69, 9.17) is 4.42 Å². The van der Waals surface area contributed by atoms with E-state index < -0.39 is 0 Å². The highest BCUT2D eigenvalue weighted by Crippen LogP contribution is 2.16. The first-order chi connectivity index (χ1) is 8.58. The lowest BCUT2D eigenvalue weighted by atomic mass is 10.3. The van der Waals surface area contributed by atoms with Crippen LogP contribution in [0.2, 0.25) is 0 Å². The maximum atomic E-state index is 11.9. The van der Waals surface area contributed by atoms with Crippen LogP contribution in [0, 0.1) is 6.92 Å². The van der Waals surface area contributed by atoms with Crippen molar-refractivity contribution in [2.24, 2.45) is 0 Å². The lowest BCUT2D eigenvalue weighted by Crippen LogP contribution is -2.30. The summed E-state index contributed by atoms with van der Waals surface area (Å²) in [5.74, 6) is 0.634. The van der Waals surface area contributed by atoms with E-state index in [0.717, 1.165) is 15.9 Å². The average molecular weight is 312 g/mol. The van der Waals surface area contributed by atoms with Gasteiger partial charge in [0, 0.05) is 6.20 Å². The average Bonchev–Trinajstić information content (AvgIpc) is 2.96. The van der Waals surface area contributed by atoms with E-state index in [0.29, 0.717) is 6.54 Å². The zero-order valence-electron chi connectivity index (χ0n) is 10.2. The predicted molar refractivity (Wildman–Crippen MR) is 69.9 cm³/mol. The summed E-state index contributed by atoms with van der Waals surface area (Å²) in [6, 6.07) is 3.25. The zero-order chi connectivity index (χ0) is 13.1. The van der Waals surface area contributed by atoms with Gasteiger partial charge in [-0.2, -0.15) is 5.10 Å².